The van der Waals surface area contributed by atoms with Crippen molar-refractivity contribution in [2.24, 2.45) is 0 Å². The van der Waals surface area contributed by atoms with Crippen LogP contribution in [0.4, 0.5) is 10.1 Å². The quantitative estimate of drug-likeness (QED) is 0.442. The lowest BCUT2D eigenvalue weighted by Crippen LogP contribution is -2.27. The molecule has 0 saturated carbocycles. The van der Waals surface area contributed by atoms with Crippen molar-refractivity contribution in [1.29, 1.82) is 0 Å². The van der Waals surface area contributed by atoms with Crippen molar-refractivity contribution < 1.29 is 23.6 Å². The van der Waals surface area contributed by atoms with Crippen molar-refractivity contribution in [3.8, 4) is 5.75 Å². The molecule has 0 spiro atoms. The summed E-state index contributed by atoms with van der Waals surface area (Å²) in [5.74, 6) is -1.27. The van der Waals surface area contributed by atoms with Gasteiger partial charge in [0.05, 0.1) is 11.5 Å². The molecule has 128 valence electrons. The summed E-state index contributed by atoms with van der Waals surface area (Å²) in [5, 5.41) is 17.5. The van der Waals surface area contributed by atoms with Gasteiger partial charge < -0.3 is 14.8 Å². The molecular formula is C14H15FN4O5. The Hall–Kier alpha value is -3.01. The van der Waals surface area contributed by atoms with Crippen molar-refractivity contribution in [3.05, 3.63) is 52.1 Å². The van der Waals surface area contributed by atoms with Crippen LogP contribution in [0.15, 0.2) is 30.5 Å². The van der Waals surface area contributed by atoms with Gasteiger partial charge in [0.25, 0.3) is 5.91 Å². The summed E-state index contributed by atoms with van der Waals surface area (Å²) < 4.78 is 24.5. The minimum absolute atomic E-state index is 0.156. The van der Waals surface area contributed by atoms with Gasteiger partial charge in [-0.25, -0.2) is 9.07 Å². The van der Waals surface area contributed by atoms with E-state index < -0.39 is 10.7 Å². The molecule has 24 heavy (non-hydrogen) atoms. The smallest absolute Gasteiger partial charge is 0.311 e. The van der Waals surface area contributed by atoms with E-state index in [2.05, 4.69) is 10.4 Å². The van der Waals surface area contributed by atoms with Crippen molar-refractivity contribution in [2.45, 2.75) is 6.73 Å². The number of nitrogens with one attached hydrogen (secondary N) is 1. The molecule has 10 heteroatoms. The van der Waals surface area contributed by atoms with E-state index in [1.165, 1.54) is 24.1 Å². The number of aromatic nitrogens is 2. The topological polar surface area (TPSA) is 109 Å². The molecule has 0 fully saturated rings. The molecule has 0 bridgehead atoms. The van der Waals surface area contributed by atoms with E-state index in [1.54, 1.807) is 0 Å². The van der Waals surface area contributed by atoms with E-state index in [0.717, 1.165) is 18.2 Å². The number of hydrogen-bond acceptors (Lipinski definition) is 6. The first-order valence-corrected chi connectivity index (χ1v) is 6.88. The van der Waals surface area contributed by atoms with Crippen LogP contribution in [0.25, 0.3) is 0 Å². The maximum absolute atomic E-state index is 13.2. The van der Waals surface area contributed by atoms with Crippen LogP contribution >= 0.6 is 0 Å². The van der Waals surface area contributed by atoms with Gasteiger partial charge in [-0.1, -0.05) is 0 Å². The highest BCUT2D eigenvalue weighted by atomic mass is 19.1. The predicted molar refractivity (Wildman–Crippen MR) is 80.1 cm³/mol. The third kappa shape index (κ3) is 4.49. The molecular weight excluding hydrogens is 323 g/mol. The molecule has 0 radical (unpaired) electrons. The van der Waals surface area contributed by atoms with Crippen LogP contribution in [0, 0.1) is 15.9 Å². The summed E-state index contributed by atoms with van der Waals surface area (Å²) in [5.41, 5.74) is -0.204. The fourth-order valence-corrected chi connectivity index (χ4v) is 1.80. The number of rotatable bonds is 8. The summed E-state index contributed by atoms with van der Waals surface area (Å²) in [7, 11) is 1.52. The van der Waals surface area contributed by atoms with Crippen molar-refractivity contribution in [1.82, 2.24) is 15.1 Å². The Morgan fingerprint density at radius 3 is 2.96 bits per heavy atom. The average molecular weight is 338 g/mol. The number of carbonyl (C=O) groups is 1. The molecule has 1 aromatic heterocycles. The largest absolute Gasteiger partial charge is 0.464 e. The first-order chi connectivity index (χ1) is 11.5. The first-order valence-electron chi connectivity index (χ1n) is 6.88. The fraction of sp³-hybridized carbons (Fsp3) is 0.286. The monoisotopic (exact) mass is 338 g/mol. The minimum Gasteiger partial charge on any atom is -0.464 e. The van der Waals surface area contributed by atoms with E-state index in [4.69, 9.17) is 9.47 Å². The van der Waals surface area contributed by atoms with Gasteiger partial charge in [-0.3, -0.25) is 14.9 Å². The number of carbonyl (C=O) groups excluding carboxylic acids is 1. The van der Waals surface area contributed by atoms with E-state index in [9.17, 15) is 19.3 Å². The summed E-state index contributed by atoms with van der Waals surface area (Å²) in [4.78, 5) is 22.0. The number of nitro groups is 1. The van der Waals surface area contributed by atoms with E-state index in [0.29, 0.717) is 13.2 Å². The zero-order valence-corrected chi connectivity index (χ0v) is 12.8. The highest BCUT2D eigenvalue weighted by molar-refractivity contribution is 5.92. The van der Waals surface area contributed by atoms with Gasteiger partial charge >= 0.3 is 5.69 Å². The molecule has 0 unspecified atom stereocenters. The number of nitrogens with zero attached hydrogens (tertiary/aromatic N) is 3. The Labute approximate surface area is 136 Å². The van der Waals surface area contributed by atoms with Crippen LogP contribution < -0.4 is 10.1 Å². The standard InChI is InChI=1S/C14H15FN4O5/c1-23-7-5-16-14(20)11-4-6-18(17-11)9-24-13-8-10(15)2-3-12(13)19(21)22/h2-4,6,8H,5,7,9H2,1H3,(H,16,20). The number of amides is 1. The van der Waals surface area contributed by atoms with Gasteiger partial charge in [-0.05, 0) is 12.1 Å². The molecule has 0 saturated heterocycles. The number of halogens is 1. The lowest BCUT2D eigenvalue weighted by atomic mass is 10.3. The van der Waals surface area contributed by atoms with Gasteiger partial charge in [0.1, 0.15) is 11.5 Å². The van der Waals surface area contributed by atoms with Crippen LogP contribution in [-0.4, -0.2) is 40.9 Å². The van der Waals surface area contributed by atoms with Crippen LogP contribution in [0.5, 0.6) is 5.75 Å². The molecule has 1 aromatic carbocycles. The Balaban J connectivity index is 2.00. The molecule has 0 aliphatic carbocycles. The number of hydrogen-bond donors (Lipinski definition) is 1. The highest BCUT2D eigenvalue weighted by Crippen LogP contribution is 2.27. The van der Waals surface area contributed by atoms with Crippen LogP contribution in [-0.2, 0) is 11.5 Å². The molecule has 1 amide bonds. The lowest BCUT2D eigenvalue weighted by Gasteiger charge is -2.07. The van der Waals surface area contributed by atoms with Crippen molar-refractivity contribution in [2.75, 3.05) is 20.3 Å². The molecule has 0 aliphatic heterocycles. The lowest BCUT2D eigenvalue weighted by molar-refractivity contribution is -0.386. The highest BCUT2D eigenvalue weighted by Gasteiger charge is 2.16. The first kappa shape index (κ1) is 17.3. The zero-order chi connectivity index (χ0) is 17.5. The maximum atomic E-state index is 13.2. The van der Waals surface area contributed by atoms with E-state index >= 15 is 0 Å². The number of ether oxygens (including phenoxy) is 2. The Morgan fingerprint density at radius 2 is 2.25 bits per heavy atom. The van der Waals surface area contributed by atoms with Crippen LogP contribution in [0.1, 0.15) is 10.5 Å². The average Bonchev–Trinajstić information content (AvgIpc) is 3.02. The van der Waals surface area contributed by atoms with Crippen LogP contribution in [0.3, 0.4) is 0 Å². The summed E-state index contributed by atoms with van der Waals surface area (Å²) >= 11 is 0. The van der Waals surface area contributed by atoms with Crippen molar-refractivity contribution >= 4 is 11.6 Å². The molecule has 9 nitrogen and oxygen atoms in total. The molecule has 2 aromatic rings. The van der Waals surface area contributed by atoms with Crippen LogP contribution in [0.2, 0.25) is 0 Å². The Kier molecular flexibility index (Phi) is 5.79. The molecule has 2 rings (SSSR count). The summed E-state index contributed by atoms with van der Waals surface area (Å²) in [6.07, 6.45) is 1.47. The van der Waals surface area contributed by atoms with E-state index in [1.807, 2.05) is 0 Å². The van der Waals surface area contributed by atoms with Gasteiger partial charge in [0.15, 0.2) is 6.73 Å². The van der Waals surface area contributed by atoms with Gasteiger partial charge in [-0.15, -0.1) is 0 Å². The molecule has 0 atom stereocenters. The fourth-order valence-electron chi connectivity index (χ4n) is 1.80. The summed E-state index contributed by atoms with van der Waals surface area (Å²) in [6.45, 7) is 0.503. The van der Waals surface area contributed by atoms with Crippen molar-refractivity contribution in [3.63, 3.8) is 0 Å². The second-order valence-electron chi connectivity index (χ2n) is 4.63. The SMILES string of the molecule is COCCNC(=O)c1ccn(COc2cc(F)ccc2[N+](=O)[O-])n1. The van der Waals surface area contributed by atoms with E-state index in [-0.39, 0.29) is 29.8 Å². The Bertz CT molecular complexity index is 734. The molecule has 1 N–H and O–H groups in total. The molecule has 1 heterocycles. The predicted octanol–water partition coefficient (Wildman–Crippen LogP) is 1.34. The third-order valence-electron chi connectivity index (χ3n) is 2.94. The second kappa shape index (κ2) is 8.02. The number of nitro benzene ring substituents is 1. The third-order valence-corrected chi connectivity index (χ3v) is 2.94. The molecule has 0 aliphatic rings. The second-order valence-corrected chi connectivity index (χ2v) is 4.63. The number of methoxy groups -OCH3 is 1. The normalized spacial score (nSPS) is 10.4. The maximum Gasteiger partial charge on any atom is 0.311 e. The number of benzene rings is 1. The summed E-state index contributed by atoms with van der Waals surface area (Å²) in [6, 6.07) is 4.37. The van der Waals surface area contributed by atoms with Gasteiger partial charge in [-0.2, -0.15) is 5.10 Å². The Morgan fingerprint density at radius 1 is 1.46 bits per heavy atom. The zero-order valence-electron chi connectivity index (χ0n) is 12.8. The van der Waals surface area contributed by atoms with Gasteiger partial charge in [0, 0.05) is 32.0 Å². The van der Waals surface area contributed by atoms with Gasteiger partial charge in [0.2, 0.25) is 5.75 Å². The minimum atomic E-state index is -0.674.